The van der Waals surface area contributed by atoms with Crippen LogP contribution in [0.5, 0.6) is 5.75 Å². The zero-order valence-electron chi connectivity index (χ0n) is 18.6. The Morgan fingerprint density at radius 1 is 1.12 bits per heavy atom. The van der Waals surface area contributed by atoms with Crippen LogP contribution < -0.4 is 15.0 Å². The summed E-state index contributed by atoms with van der Waals surface area (Å²) in [6, 6.07) is 11.3. The fraction of sp³-hybridized carbons (Fsp3) is 0.304. The Hall–Kier alpha value is -4.08. The number of fused-ring (bicyclic) bond motifs is 1. The molecule has 33 heavy (non-hydrogen) atoms. The molecule has 0 aliphatic carbocycles. The molecular formula is C23H25N7O3. The quantitative estimate of drug-likeness (QED) is 0.481. The number of piperazine rings is 1. The minimum absolute atomic E-state index is 0.0955. The topological polar surface area (TPSA) is 102 Å². The molecule has 5 rings (SSSR count). The fourth-order valence-electron chi connectivity index (χ4n) is 3.98. The van der Waals surface area contributed by atoms with Gasteiger partial charge in [-0.1, -0.05) is 18.2 Å². The highest BCUT2D eigenvalue weighted by molar-refractivity contribution is 5.91. The Kier molecular flexibility index (Phi) is 5.55. The molecule has 0 saturated carbocycles. The third kappa shape index (κ3) is 4.07. The van der Waals surface area contributed by atoms with Crippen LogP contribution >= 0.6 is 0 Å². The van der Waals surface area contributed by atoms with Gasteiger partial charge in [-0.15, -0.1) is 0 Å². The Morgan fingerprint density at radius 3 is 2.70 bits per heavy atom. The normalized spacial score (nSPS) is 14.0. The number of aryl methyl sites for hydroxylation is 1. The van der Waals surface area contributed by atoms with Gasteiger partial charge in [0, 0.05) is 45.3 Å². The van der Waals surface area contributed by atoms with Crippen molar-refractivity contribution in [3.63, 3.8) is 0 Å². The van der Waals surface area contributed by atoms with Crippen LogP contribution in [0.3, 0.4) is 0 Å². The highest BCUT2D eigenvalue weighted by atomic mass is 16.5. The van der Waals surface area contributed by atoms with Crippen molar-refractivity contribution < 1.29 is 13.9 Å². The van der Waals surface area contributed by atoms with E-state index in [4.69, 9.17) is 19.1 Å². The van der Waals surface area contributed by atoms with Gasteiger partial charge in [-0.2, -0.15) is 15.1 Å². The van der Waals surface area contributed by atoms with Gasteiger partial charge in [-0.05, 0) is 18.2 Å². The van der Waals surface area contributed by atoms with Gasteiger partial charge in [0.2, 0.25) is 5.95 Å². The van der Waals surface area contributed by atoms with Gasteiger partial charge < -0.3 is 24.3 Å². The summed E-state index contributed by atoms with van der Waals surface area (Å²) in [6.45, 7) is 2.94. The van der Waals surface area contributed by atoms with Crippen molar-refractivity contribution in [1.29, 1.82) is 0 Å². The second kappa shape index (κ2) is 8.81. The number of anilines is 2. The molecule has 10 heteroatoms. The minimum Gasteiger partial charge on any atom is -0.496 e. The average Bonchev–Trinajstić information content (AvgIpc) is 3.53. The van der Waals surface area contributed by atoms with Crippen LogP contribution in [-0.4, -0.2) is 63.8 Å². The zero-order valence-corrected chi connectivity index (χ0v) is 18.6. The van der Waals surface area contributed by atoms with E-state index in [1.54, 1.807) is 35.0 Å². The number of nitrogens with one attached hydrogen (secondary N) is 1. The summed E-state index contributed by atoms with van der Waals surface area (Å²) >= 11 is 0. The molecule has 1 fully saturated rings. The van der Waals surface area contributed by atoms with Crippen LogP contribution in [0, 0.1) is 0 Å². The number of aromatic nitrogens is 4. The summed E-state index contributed by atoms with van der Waals surface area (Å²) in [5.41, 5.74) is 1.78. The van der Waals surface area contributed by atoms with Crippen molar-refractivity contribution in [2.75, 3.05) is 43.5 Å². The van der Waals surface area contributed by atoms with Crippen LogP contribution in [0.25, 0.3) is 11.0 Å². The number of methoxy groups -OCH3 is 1. The summed E-state index contributed by atoms with van der Waals surface area (Å²) in [4.78, 5) is 26.0. The smallest absolute Gasteiger partial charge is 0.289 e. The fourth-order valence-corrected chi connectivity index (χ4v) is 3.98. The number of carbonyl (C=O) groups is 1. The number of hydrogen-bond acceptors (Lipinski definition) is 8. The van der Waals surface area contributed by atoms with E-state index in [0.29, 0.717) is 50.3 Å². The van der Waals surface area contributed by atoms with Crippen molar-refractivity contribution in [1.82, 2.24) is 24.6 Å². The first-order chi connectivity index (χ1) is 16.1. The van der Waals surface area contributed by atoms with Crippen LogP contribution in [-0.2, 0) is 13.6 Å². The Labute approximate surface area is 190 Å². The third-order valence-corrected chi connectivity index (χ3v) is 5.80. The number of benzene rings is 1. The summed E-state index contributed by atoms with van der Waals surface area (Å²) in [5, 5.41) is 8.64. The monoisotopic (exact) mass is 447 g/mol. The molecule has 0 atom stereocenters. The number of furan rings is 1. The predicted molar refractivity (Wildman–Crippen MR) is 123 cm³/mol. The molecule has 4 heterocycles. The maximum atomic E-state index is 12.6. The average molecular weight is 447 g/mol. The molecule has 0 radical (unpaired) electrons. The summed E-state index contributed by atoms with van der Waals surface area (Å²) in [5.74, 6) is 2.40. The van der Waals surface area contributed by atoms with Crippen LogP contribution in [0.1, 0.15) is 16.1 Å². The molecule has 1 aromatic carbocycles. The molecule has 0 bridgehead atoms. The molecule has 3 aromatic heterocycles. The van der Waals surface area contributed by atoms with Gasteiger partial charge in [0.15, 0.2) is 11.4 Å². The van der Waals surface area contributed by atoms with Gasteiger partial charge in [0.05, 0.1) is 25.0 Å². The number of nitrogens with zero attached hydrogens (tertiary/aromatic N) is 6. The number of rotatable bonds is 6. The maximum absolute atomic E-state index is 12.6. The second-order valence-electron chi connectivity index (χ2n) is 7.80. The lowest BCUT2D eigenvalue weighted by Gasteiger charge is -2.34. The molecule has 0 spiro atoms. The lowest BCUT2D eigenvalue weighted by atomic mass is 10.2. The molecule has 10 nitrogen and oxygen atoms in total. The number of ether oxygens (including phenoxy) is 1. The molecule has 1 saturated heterocycles. The first kappa shape index (κ1) is 20.8. The van der Waals surface area contributed by atoms with Crippen LogP contribution in [0.4, 0.5) is 11.8 Å². The molecule has 0 unspecified atom stereocenters. The predicted octanol–water partition coefficient (Wildman–Crippen LogP) is 2.54. The lowest BCUT2D eigenvalue weighted by Crippen LogP contribution is -2.49. The molecule has 1 N–H and O–H groups in total. The van der Waals surface area contributed by atoms with Gasteiger partial charge in [0.25, 0.3) is 5.91 Å². The lowest BCUT2D eigenvalue weighted by molar-refractivity contribution is 0.0714. The van der Waals surface area contributed by atoms with Gasteiger partial charge >= 0.3 is 0 Å². The largest absolute Gasteiger partial charge is 0.496 e. The molecule has 1 aliphatic heterocycles. The van der Waals surface area contributed by atoms with E-state index in [9.17, 15) is 4.79 Å². The van der Waals surface area contributed by atoms with E-state index in [1.807, 2.05) is 31.3 Å². The van der Waals surface area contributed by atoms with E-state index in [-0.39, 0.29) is 5.91 Å². The third-order valence-electron chi connectivity index (χ3n) is 5.80. The van der Waals surface area contributed by atoms with Crippen molar-refractivity contribution in [3.8, 4) is 5.75 Å². The van der Waals surface area contributed by atoms with Crippen molar-refractivity contribution in [2.24, 2.45) is 7.05 Å². The van der Waals surface area contributed by atoms with E-state index >= 15 is 0 Å². The van der Waals surface area contributed by atoms with E-state index < -0.39 is 0 Å². The Morgan fingerprint density at radius 2 is 1.94 bits per heavy atom. The van der Waals surface area contributed by atoms with Crippen LogP contribution in [0.15, 0.2) is 53.3 Å². The number of amides is 1. The first-order valence-corrected chi connectivity index (χ1v) is 10.8. The highest BCUT2D eigenvalue weighted by Crippen LogP contribution is 2.26. The van der Waals surface area contributed by atoms with E-state index in [1.165, 1.54) is 6.26 Å². The summed E-state index contributed by atoms with van der Waals surface area (Å²) < 4.78 is 12.5. The summed E-state index contributed by atoms with van der Waals surface area (Å²) in [7, 11) is 3.53. The van der Waals surface area contributed by atoms with Gasteiger partial charge in [-0.25, -0.2) is 0 Å². The number of carbonyl (C=O) groups excluding carboxylic acids is 1. The maximum Gasteiger partial charge on any atom is 0.289 e. The highest BCUT2D eigenvalue weighted by Gasteiger charge is 2.26. The summed E-state index contributed by atoms with van der Waals surface area (Å²) in [6.07, 6.45) is 3.28. The first-order valence-electron chi connectivity index (χ1n) is 10.8. The van der Waals surface area contributed by atoms with Gasteiger partial charge in [-0.3, -0.25) is 9.48 Å². The van der Waals surface area contributed by atoms with Crippen molar-refractivity contribution >= 4 is 28.7 Å². The van der Waals surface area contributed by atoms with Gasteiger partial charge in [0.1, 0.15) is 11.6 Å². The molecule has 1 aliphatic rings. The number of hydrogen-bond donors (Lipinski definition) is 1. The van der Waals surface area contributed by atoms with Crippen molar-refractivity contribution in [3.05, 3.63) is 60.2 Å². The SMILES string of the molecule is COc1ccccc1CNc1nc(N2CCN(C(=O)c3ccco3)CC2)nc2c1cnn2C. The Balaban J connectivity index is 1.36. The molecule has 170 valence electrons. The van der Waals surface area contributed by atoms with Crippen LogP contribution in [0.2, 0.25) is 0 Å². The zero-order chi connectivity index (χ0) is 22.8. The molecular weight excluding hydrogens is 422 g/mol. The van der Waals surface area contributed by atoms with E-state index in [0.717, 1.165) is 22.3 Å². The minimum atomic E-state index is -0.0955. The number of para-hydroxylation sites is 1. The molecule has 1 amide bonds. The second-order valence-corrected chi connectivity index (χ2v) is 7.80. The van der Waals surface area contributed by atoms with E-state index in [2.05, 4.69) is 15.3 Å². The standard InChI is InChI=1S/C23H25N7O3/c1-28-21-17(15-25-28)20(24-14-16-6-3-4-7-18(16)32-2)26-23(27-21)30-11-9-29(10-12-30)22(31)19-8-5-13-33-19/h3-8,13,15H,9-12,14H2,1-2H3,(H,24,26,27). The molecule has 4 aromatic rings. The Bertz CT molecular complexity index is 1260. The van der Waals surface area contributed by atoms with Crippen molar-refractivity contribution in [2.45, 2.75) is 6.54 Å².